The lowest BCUT2D eigenvalue weighted by atomic mass is 10.2. The zero-order chi connectivity index (χ0) is 16.8. The Balaban J connectivity index is 3.98. The Kier molecular flexibility index (Phi) is 11.5. The maximum absolute atomic E-state index is 11.6. The number of rotatable bonds is 10. The average molecular weight is 315 g/mol. The van der Waals surface area contributed by atoms with Gasteiger partial charge in [0.15, 0.2) is 5.96 Å². The fourth-order valence-corrected chi connectivity index (χ4v) is 1.59. The van der Waals surface area contributed by atoms with Crippen molar-refractivity contribution in [2.75, 3.05) is 32.8 Å². The molecule has 0 bridgehead atoms. The minimum Gasteiger partial charge on any atom is -0.459 e. The predicted molar refractivity (Wildman–Crippen MR) is 90.2 cm³/mol. The van der Waals surface area contributed by atoms with E-state index in [1.54, 1.807) is 0 Å². The van der Waals surface area contributed by atoms with Crippen molar-refractivity contribution in [3.8, 4) is 0 Å². The Morgan fingerprint density at radius 3 is 2.36 bits per heavy atom. The van der Waals surface area contributed by atoms with Crippen molar-refractivity contribution in [3.05, 3.63) is 0 Å². The van der Waals surface area contributed by atoms with Crippen LogP contribution in [0.4, 0.5) is 0 Å². The van der Waals surface area contributed by atoms with Crippen molar-refractivity contribution in [2.45, 2.75) is 59.5 Å². The Morgan fingerprint density at radius 1 is 1.09 bits per heavy atom. The van der Waals surface area contributed by atoms with Gasteiger partial charge in [-0.05, 0) is 40.5 Å². The van der Waals surface area contributed by atoms with Crippen molar-refractivity contribution >= 4 is 11.9 Å². The molecule has 2 N–H and O–H groups in total. The summed E-state index contributed by atoms with van der Waals surface area (Å²) in [5, 5.41) is 6.28. The maximum Gasteiger partial charge on any atom is 0.328 e. The first kappa shape index (κ1) is 20.7. The van der Waals surface area contributed by atoms with E-state index in [2.05, 4.69) is 22.5 Å². The quantitative estimate of drug-likeness (QED) is 0.279. The van der Waals surface area contributed by atoms with Gasteiger partial charge in [0.1, 0.15) is 12.1 Å². The Bertz CT molecular complexity index is 325. The van der Waals surface area contributed by atoms with Gasteiger partial charge in [-0.2, -0.15) is 0 Å². The Labute approximate surface area is 135 Å². The number of guanidine groups is 1. The number of hydrogen-bond acceptors (Lipinski definition) is 4. The topological polar surface area (TPSA) is 72.0 Å². The summed E-state index contributed by atoms with van der Waals surface area (Å²) in [6.07, 6.45) is 3.16. The molecule has 0 atom stereocenters. The molecular weight excluding hydrogens is 282 g/mol. The number of carbonyl (C=O) groups is 1. The zero-order valence-corrected chi connectivity index (χ0v) is 14.8. The Morgan fingerprint density at radius 2 is 1.77 bits per heavy atom. The smallest absolute Gasteiger partial charge is 0.328 e. The molecule has 0 aliphatic carbocycles. The SMILES string of the molecule is CCCCOCCCNC(=NCC(=O)OC(C)(C)C)NCC. The molecule has 0 aliphatic heterocycles. The first-order valence-electron chi connectivity index (χ1n) is 8.20. The molecule has 0 aromatic carbocycles. The van der Waals surface area contributed by atoms with Gasteiger partial charge in [0.05, 0.1) is 0 Å². The highest BCUT2D eigenvalue weighted by Gasteiger charge is 2.15. The number of unbranched alkanes of at least 4 members (excludes halogenated alkanes) is 1. The monoisotopic (exact) mass is 315 g/mol. The second-order valence-electron chi connectivity index (χ2n) is 6.03. The van der Waals surface area contributed by atoms with Crippen LogP contribution in [0.1, 0.15) is 53.9 Å². The minimum atomic E-state index is -0.478. The summed E-state index contributed by atoms with van der Waals surface area (Å²) in [5.74, 6) is 0.300. The minimum absolute atomic E-state index is 0.0135. The van der Waals surface area contributed by atoms with Crippen LogP contribution in [0, 0.1) is 0 Å². The number of esters is 1. The fourth-order valence-electron chi connectivity index (χ4n) is 1.59. The normalized spacial score (nSPS) is 12.1. The summed E-state index contributed by atoms with van der Waals surface area (Å²) in [4.78, 5) is 15.9. The van der Waals surface area contributed by atoms with Crippen molar-refractivity contribution < 1.29 is 14.3 Å². The third kappa shape index (κ3) is 13.7. The number of nitrogens with one attached hydrogen (secondary N) is 2. The van der Waals surface area contributed by atoms with Crippen LogP contribution in [-0.2, 0) is 14.3 Å². The molecule has 0 saturated heterocycles. The molecule has 6 heteroatoms. The van der Waals surface area contributed by atoms with Gasteiger partial charge in [0.25, 0.3) is 0 Å². The van der Waals surface area contributed by atoms with E-state index in [9.17, 15) is 4.79 Å². The van der Waals surface area contributed by atoms with E-state index in [-0.39, 0.29) is 12.5 Å². The molecule has 0 aromatic rings. The van der Waals surface area contributed by atoms with Crippen LogP contribution in [0.2, 0.25) is 0 Å². The summed E-state index contributed by atoms with van der Waals surface area (Å²) < 4.78 is 10.7. The highest BCUT2D eigenvalue weighted by atomic mass is 16.6. The maximum atomic E-state index is 11.6. The lowest BCUT2D eigenvalue weighted by Crippen LogP contribution is -2.38. The van der Waals surface area contributed by atoms with Gasteiger partial charge in [-0.15, -0.1) is 0 Å². The van der Waals surface area contributed by atoms with Crippen LogP contribution in [0.5, 0.6) is 0 Å². The van der Waals surface area contributed by atoms with E-state index in [1.807, 2.05) is 27.7 Å². The van der Waals surface area contributed by atoms with E-state index in [0.29, 0.717) is 5.96 Å². The molecular formula is C16H33N3O3. The molecule has 6 nitrogen and oxygen atoms in total. The van der Waals surface area contributed by atoms with E-state index >= 15 is 0 Å². The second kappa shape index (κ2) is 12.3. The standard InChI is InChI=1S/C16H33N3O3/c1-6-8-11-21-12-9-10-18-15(17-7-2)19-13-14(20)22-16(3,4)5/h6-13H2,1-5H3,(H2,17,18,19). The van der Waals surface area contributed by atoms with Gasteiger partial charge in [-0.3, -0.25) is 4.79 Å². The predicted octanol–water partition coefficient (Wildman–Crippen LogP) is 2.09. The van der Waals surface area contributed by atoms with Gasteiger partial charge in [-0.25, -0.2) is 4.99 Å². The van der Waals surface area contributed by atoms with Gasteiger partial charge < -0.3 is 20.1 Å². The molecule has 0 aromatic heterocycles. The van der Waals surface area contributed by atoms with Crippen molar-refractivity contribution in [1.29, 1.82) is 0 Å². The van der Waals surface area contributed by atoms with Gasteiger partial charge in [0, 0.05) is 26.3 Å². The van der Waals surface area contributed by atoms with Gasteiger partial charge >= 0.3 is 5.97 Å². The van der Waals surface area contributed by atoms with Crippen LogP contribution >= 0.6 is 0 Å². The van der Waals surface area contributed by atoms with Crippen molar-refractivity contribution in [2.24, 2.45) is 4.99 Å². The van der Waals surface area contributed by atoms with Gasteiger partial charge in [0.2, 0.25) is 0 Å². The molecule has 0 radical (unpaired) electrons. The molecule has 0 saturated carbocycles. The van der Waals surface area contributed by atoms with E-state index in [0.717, 1.165) is 45.6 Å². The molecule has 0 rings (SSSR count). The summed E-state index contributed by atoms with van der Waals surface area (Å²) in [7, 11) is 0. The Hall–Kier alpha value is -1.30. The molecule has 130 valence electrons. The number of aliphatic imine (C=N–C) groups is 1. The lowest BCUT2D eigenvalue weighted by Gasteiger charge is -2.19. The molecule has 0 heterocycles. The van der Waals surface area contributed by atoms with Crippen LogP contribution < -0.4 is 10.6 Å². The second-order valence-corrected chi connectivity index (χ2v) is 6.03. The third-order valence-electron chi connectivity index (χ3n) is 2.53. The highest BCUT2D eigenvalue weighted by molar-refractivity contribution is 5.83. The molecule has 0 amide bonds. The summed E-state index contributed by atoms with van der Waals surface area (Å²) in [6.45, 7) is 12.7. The zero-order valence-electron chi connectivity index (χ0n) is 14.8. The van der Waals surface area contributed by atoms with E-state index < -0.39 is 5.60 Å². The van der Waals surface area contributed by atoms with Crippen LogP contribution in [0.25, 0.3) is 0 Å². The van der Waals surface area contributed by atoms with Gasteiger partial charge in [-0.1, -0.05) is 13.3 Å². The average Bonchev–Trinajstić information content (AvgIpc) is 2.41. The summed E-state index contributed by atoms with van der Waals surface area (Å²) in [5.41, 5.74) is -0.478. The summed E-state index contributed by atoms with van der Waals surface area (Å²) >= 11 is 0. The first-order valence-corrected chi connectivity index (χ1v) is 8.20. The summed E-state index contributed by atoms with van der Waals surface area (Å²) in [6, 6.07) is 0. The highest BCUT2D eigenvalue weighted by Crippen LogP contribution is 2.06. The van der Waals surface area contributed by atoms with Crippen LogP contribution in [-0.4, -0.2) is 50.4 Å². The number of carbonyl (C=O) groups excluding carboxylic acids is 1. The van der Waals surface area contributed by atoms with E-state index in [1.165, 1.54) is 0 Å². The molecule has 0 unspecified atom stereocenters. The number of hydrogen-bond donors (Lipinski definition) is 2. The number of nitrogens with zero attached hydrogens (tertiary/aromatic N) is 1. The van der Waals surface area contributed by atoms with Crippen molar-refractivity contribution in [1.82, 2.24) is 10.6 Å². The molecule has 22 heavy (non-hydrogen) atoms. The first-order chi connectivity index (χ1) is 10.4. The molecule has 0 fully saturated rings. The molecule has 0 aliphatic rings. The fraction of sp³-hybridized carbons (Fsp3) is 0.875. The molecule has 0 spiro atoms. The van der Waals surface area contributed by atoms with Crippen molar-refractivity contribution in [3.63, 3.8) is 0 Å². The lowest BCUT2D eigenvalue weighted by molar-refractivity contribution is -0.152. The third-order valence-corrected chi connectivity index (χ3v) is 2.53. The largest absolute Gasteiger partial charge is 0.459 e. The van der Waals surface area contributed by atoms with E-state index in [4.69, 9.17) is 9.47 Å². The van der Waals surface area contributed by atoms with Crippen LogP contribution in [0.15, 0.2) is 4.99 Å². The number of ether oxygens (including phenoxy) is 2. The van der Waals surface area contributed by atoms with Crippen LogP contribution in [0.3, 0.4) is 0 Å².